The van der Waals surface area contributed by atoms with Crippen LogP contribution in [0.3, 0.4) is 0 Å². The van der Waals surface area contributed by atoms with Crippen LogP contribution >= 0.6 is 0 Å². The van der Waals surface area contributed by atoms with Gasteiger partial charge in [0.25, 0.3) is 11.8 Å². The molecule has 1 aromatic rings. The number of anilines is 1. The van der Waals surface area contributed by atoms with E-state index in [-0.39, 0.29) is 16.2 Å². The highest BCUT2D eigenvalue weighted by atomic mass is 32.2. The molecule has 7 nitrogen and oxygen atoms in total. The highest BCUT2D eigenvalue weighted by Gasteiger charge is 2.34. The van der Waals surface area contributed by atoms with Gasteiger partial charge in [-0.15, -0.1) is 0 Å². The lowest BCUT2D eigenvalue weighted by Crippen LogP contribution is -2.31. The highest BCUT2D eigenvalue weighted by Crippen LogP contribution is 2.24. The topological polar surface area (TPSA) is 115 Å². The number of hydrogen-bond acceptors (Lipinski definition) is 5. The van der Waals surface area contributed by atoms with E-state index < -0.39 is 27.6 Å². The number of carbonyl (C=O) groups excluding carboxylic acids is 3. The molecule has 2 N–H and O–H groups in total. The Morgan fingerprint density at radius 2 is 1.70 bits per heavy atom. The maximum Gasteiger partial charge on any atom is 0.269 e. The molecule has 20 heavy (non-hydrogen) atoms. The van der Waals surface area contributed by atoms with E-state index in [1.165, 1.54) is 31.2 Å². The zero-order valence-corrected chi connectivity index (χ0v) is 11.2. The van der Waals surface area contributed by atoms with E-state index >= 15 is 0 Å². The highest BCUT2D eigenvalue weighted by molar-refractivity contribution is 7.89. The minimum absolute atomic E-state index is 0.139. The van der Waals surface area contributed by atoms with Crippen LogP contribution in [-0.4, -0.2) is 26.0 Å². The van der Waals surface area contributed by atoms with Crippen LogP contribution in [-0.2, 0) is 24.4 Å². The van der Waals surface area contributed by atoms with Gasteiger partial charge in [0.15, 0.2) is 5.78 Å². The summed E-state index contributed by atoms with van der Waals surface area (Å²) in [7, 11) is -3.85. The Morgan fingerprint density at radius 1 is 1.15 bits per heavy atom. The first-order valence-electron chi connectivity index (χ1n) is 5.46. The summed E-state index contributed by atoms with van der Waals surface area (Å²) in [6.07, 6.45) is 0.957. The van der Waals surface area contributed by atoms with Gasteiger partial charge in [-0.3, -0.25) is 14.4 Å². The van der Waals surface area contributed by atoms with Gasteiger partial charge < -0.3 is 0 Å². The number of nitrogens with two attached hydrogens (primary N) is 1. The number of amides is 2. The van der Waals surface area contributed by atoms with Gasteiger partial charge in [0.2, 0.25) is 10.0 Å². The molecule has 1 aromatic carbocycles. The molecule has 1 heterocycles. The first kappa shape index (κ1) is 14.1. The lowest BCUT2D eigenvalue weighted by atomic mass is 10.2. The molecule has 2 amide bonds. The molecular formula is C12H10N2O5S. The number of carbonyl (C=O) groups is 3. The molecule has 0 spiro atoms. The number of benzene rings is 1. The van der Waals surface area contributed by atoms with Crippen LogP contribution < -0.4 is 10.0 Å². The van der Waals surface area contributed by atoms with Crippen LogP contribution in [0.25, 0.3) is 0 Å². The lowest BCUT2D eigenvalue weighted by Gasteiger charge is -2.14. The summed E-state index contributed by atoms with van der Waals surface area (Å²) in [4.78, 5) is 35.5. The van der Waals surface area contributed by atoms with Gasteiger partial charge in [0.05, 0.1) is 16.2 Å². The number of primary sulfonamides is 1. The summed E-state index contributed by atoms with van der Waals surface area (Å²) in [5, 5.41) is 4.95. The zero-order chi connectivity index (χ0) is 15.1. The zero-order valence-electron chi connectivity index (χ0n) is 10.4. The van der Waals surface area contributed by atoms with E-state index in [9.17, 15) is 22.8 Å². The Kier molecular flexibility index (Phi) is 3.28. The van der Waals surface area contributed by atoms with E-state index in [2.05, 4.69) is 0 Å². The molecule has 0 fully saturated rings. The molecule has 2 rings (SSSR count). The van der Waals surface area contributed by atoms with E-state index in [0.29, 0.717) is 0 Å². The van der Waals surface area contributed by atoms with Crippen molar-refractivity contribution >= 4 is 33.3 Å². The molecule has 1 aliphatic rings. The Morgan fingerprint density at radius 3 is 2.10 bits per heavy atom. The quantitative estimate of drug-likeness (QED) is 0.608. The number of nitrogens with zero attached hydrogens (tertiary/aromatic N) is 1. The van der Waals surface area contributed by atoms with Crippen molar-refractivity contribution in [2.75, 3.05) is 4.90 Å². The molecule has 8 heteroatoms. The Hall–Kier alpha value is -2.32. The fraction of sp³-hybridized carbons (Fsp3) is 0.0833. The molecule has 0 radical (unpaired) electrons. The molecule has 0 aromatic heterocycles. The van der Waals surface area contributed by atoms with Crippen LogP contribution in [0.4, 0.5) is 5.69 Å². The SMILES string of the molecule is CC(=O)C1=CC(=O)N(c2ccc(S(N)(=O)=O)cc2)C1=O. The molecule has 104 valence electrons. The largest absolute Gasteiger partial charge is 0.294 e. The smallest absolute Gasteiger partial charge is 0.269 e. The summed E-state index contributed by atoms with van der Waals surface area (Å²) >= 11 is 0. The van der Waals surface area contributed by atoms with Crippen molar-refractivity contribution in [3.05, 3.63) is 35.9 Å². The third-order valence-electron chi connectivity index (χ3n) is 2.72. The van der Waals surface area contributed by atoms with Gasteiger partial charge in [-0.05, 0) is 31.2 Å². The Balaban J connectivity index is 2.37. The second kappa shape index (κ2) is 4.66. The van der Waals surface area contributed by atoms with Gasteiger partial charge in [0, 0.05) is 6.08 Å². The molecule has 0 saturated heterocycles. The van der Waals surface area contributed by atoms with Gasteiger partial charge in [-0.25, -0.2) is 18.5 Å². The number of hydrogen-bond donors (Lipinski definition) is 1. The van der Waals surface area contributed by atoms with E-state index in [1.807, 2.05) is 0 Å². The Bertz CT molecular complexity index is 747. The number of ketones is 1. The average Bonchev–Trinajstić information content (AvgIpc) is 2.64. The normalized spacial score (nSPS) is 15.5. The summed E-state index contributed by atoms with van der Waals surface area (Å²) < 4.78 is 22.2. The predicted molar refractivity (Wildman–Crippen MR) is 69.1 cm³/mol. The molecule has 0 unspecified atom stereocenters. The third kappa shape index (κ3) is 2.38. The van der Waals surface area contributed by atoms with Crippen molar-refractivity contribution < 1.29 is 22.8 Å². The number of sulfonamides is 1. The number of rotatable bonds is 3. The second-order valence-electron chi connectivity index (χ2n) is 4.13. The summed E-state index contributed by atoms with van der Waals surface area (Å²) in [5.74, 6) is -1.89. The molecule has 0 saturated carbocycles. The van der Waals surface area contributed by atoms with Crippen molar-refractivity contribution in [3.8, 4) is 0 Å². The summed E-state index contributed by atoms with van der Waals surface area (Å²) in [5.41, 5.74) is -0.0366. The van der Waals surface area contributed by atoms with Crippen molar-refractivity contribution in [1.82, 2.24) is 0 Å². The predicted octanol–water partition coefficient (Wildman–Crippen LogP) is -0.277. The first-order chi connectivity index (χ1) is 9.21. The fourth-order valence-corrected chi connectivity index (χ4v) is 2.27. The van der Waals surface area contributed by atoms with Crippen LogP contribution in [0.1, 0.15) is 6.92 Å². The molecule has 1 aliphatic heterocycles. The van der Waals surface area contributed by atoms with E-state index in [1.54, 1.807) is 0 Å². The maximum absolute atomic E-state index is 11.9. The van der Waals surface area contributed by atoms with Crippen molar-refractivity contribution in [1.29, 1.82) is 0 Å². The standard InChI is InChI=1S/C12H10N2O5S/c1-7(15)10-6-11(16)14(12(10)17)8-2-4-9(5-3-8)20(13,18)19/h2-6H,1H3,(H2,13,18,19). The number of Topliss-reactive ketones (excluding diaryl/α,β-unsaturated/α-hetero) is 1. The van der Waals surface area contributed by atoms with Crippen LogP contribution in [0.5, 0.6) is 0 Å². The van der Waals surface area contributed by atoms with Crippen LogP contribution in [0, 0.1) is 0 Å². The minimum atomic E-state index is -3.85. The molecule has 0 atom stereocenters. The fourth-order valence-electron chi connectivity index (χ4n) is 1.75. The van der Waals surface area contributed by atoms with Crippen molar-refractivity contribution in [2.45, 2.75) is 11.8 Å². The van der Waals surface area contributed by atoms with Crippen LogP contribution in [0.15, 0.2) is 40.8 Å². The van der Waals surface area contributed by atoms with Gasteiger partial charge in [0.1, 0.15) is 0 Å². The van der Waals surface area contributed by atoms with E-state index in [4.69, 9.17) is 5.14 Å². The molecular weight excluding hydrogens is 284 g/mol. The van der Waals surface area contributed by atoms with Gasteiger partial charge >= 0.3 is 0 Å². The third-order valence-corrected chi connectivity index (χ3v) is 3.65. The first-order valence-corrected chi connectivity index (χ1v) is 7.00. The van der Waals surface area contributed by atoms with E-state index in [0.717, 1.165) is 11.0 Å². The average molecular weight is 294 g/mol. The monoisotopic (exact) mass is 294 g/mol. The maximum atomic E-state index is 11.9. The summed E-state index contributed by atoms with van der Waals surface area (Å²) in [6.45, 7) is 1.19. The van der Waals surface area contributed by atoms with Crippen molar-refractivity contribution in [3.63, 3.8) is 0 Å². The minimum Gasteiger partial charge on any atom is -0.294 e. The number of imide groups is 1. The Labute approximate surface area is 114 Å². The molecule has 0 bridgehead atoms. The van der Waals surface area contributed by atoms with Crippen LogP contribution in [0.2, 0.25) is 0 Å². The second-order valence-corrected chi connectivity index (χ2v) is 5.69. The van der Waals surface area contributed by atoms with Gasteiger partial charge in [-0.1, -0.05) is 0 Å². The van der Waals surface area contributed by atoms with Gasteiger partial charge in [-0.2, -0.15) is 0 Å². The van der Waals surface area contributed by atoms with Crippen molar-refractivity contribution in [2.24, 2.45) is 5.14 Å². The summed E-state index contributed by atoms with van der Waals surface area (Å²) in [6, 6.07) is 4.90. The lowest BCUT2D eigenvalue weighted by molar-refractivity contribution is -0.121. The molecule has 0 aliphatic carbocycles.